The van der Waals surface area contributed by atoms with Gasteiger partial charge in [-0.1, -0.05) is 30.3 Å². The average molecular weight is 559 g/mol. The van der Waals surface area contributed by atoms with Gasteiger partial charge in [0.25, 0.3) is 0 Å². The van der Waals surface area contributed by atoms with Crippen LogP contribution < -0.4 is 5.32 Å². The summed E-state index contributed by atoms with van der Waals surface area (Å²) in [5, 5.41) is 3.40. The fourth-order valence-corrected chi connectivity index (χ4v) is 5.09. The summed E-state index contributed by atoms with van der Waals surface area (Å²) in [7, 11) is 0. The Kier molecular flexibility index (Phi) is 8.80. The number of rotatable bonds is 6. The van der Waals surface area contributed by atoms with Crippen LogP contribution >= 0.6 is 0 Å². The number of hydrogen-bond donors (Lipinski definition) is 1. The van der Waals surface area contributed by atoms with E-state index in [1.54, 1.807) is 4.90 Å². The van der Waals surface area contributed by atoms with E-state index >= 15 is 0 Å². The molecule has 0 saturated carbocycles. The zero-order valence-corrected chi connectivity index (χ0v) is 21.6. The van der Waals surface area contributed by atoms with Crippen LogP contribution in [0.3, 0.4) is 0 Å². The maximum absolute atomic E-state index is 13.3. The molecule has 2 heterocycles. The molecular weight excluding hydrogens is 526 g/mol. The second-order valence-corrected chi connectivity index (χ2v) is 10.2. The number of alkyl halides is 6. The monoisotopic (exact) mass is 558 g/mol. The normalized spacial score (nSPS) is 23.4. The van der Waals surface area contributed by atoms with E-state index in [0.717, 1.165) is 24.8 Å². The molecule has 0 radical (unpaired) electrons. The highest BCUT2D eigenvalue weighted by Crippen LogP contribution is 2.39. The van der Waals surface area contributed by atoms with Gasteiger partial charge in [0.1, 0.15) is 6.10 Å². The number of nitrogens with one attached hydrogen (secondary N) is 1. The zero-order chi connectivity index (χ0) is 28.3. The second kappa shape index (κ2) is 11.8. The molecule has 0 spiro atoms. The average Bonchev–Trinajstić information content (AvgIpc) is 2.92. The van der Waals surface area contributed by atoms with Gasteiger partial charge in [-0.2, -0.15) is 26.3 Å². The fourth-order valence-electron chi connectivity index (χ4n) is 5.09. The topological polar surface area (TPSA) is 50.8 Å². The molecule has 2 aliphatic rings. The molecule has 214 valence electrons. The van der Waals surface area contributed by atoms with Crippen molar-refractivity contribution in [1.29, 1.82) is 0 Å². The van der Waals surface area contributed by atoms with Crippen LogP contribution in [-0.2, 0) is 27.4 Å². The van der Waals surface area contributed by atoms with E-state index in [4.69, 9.17) is 9.47 Å². The van der Waals surface area contributed by atoms with Crippen LogP contribution in [0.15, 0.2) is 48.5 Å². The maximum atomic E-state index is 13.3. The smallest absolute Gasteiger partial charge is 0.416 e. The number of nitrogens with zero attached hydrogens (tertiary/aromatic N) is 1. The van der Waals surface area contributed by atoms with Gasteiger partial charge in [0.2, 0.25) is 0 Å². The molecule has 1 amide bonds. The Hall–Kier alpha value is -2.79. The Morgan fingerprint density at radius 2 is 1.62 bits per heavy atom. The zero-order valence-electron chi connectivity index (χ0n) is 21.6. The second-order valence-electron chi connectivity index (χ2n) is 10.2. The Balaban J connectivity index is 1.48. The maximum Gasteiger partial charge on any atom is 0.416 e. The van der Waals surface area contributed by atoms with Gasteiger partial charge in [-0.15, -0.1) is 0 Å². The molecular formula is C28H32F6N2O3. The molecule has 4 rings (SSSR count). The lowest BCUT2D eigenvalue weighted by molar-refractivity contribution is -0.143. The van der Waals surface area contributed by atoms with E-state index in [9.17, 15) is 31.1 Å². The molecule has 0 aromatic heterocycles. The van der Waals surface area contributed by atoms with Crippen molar-refractivity contribution in [3.63, 3.8) is 0 Å². The number of carbonyl (C=O) groups excluding carboxylic acids is 1. The number of benzene rings is 2. The quantitative estimate of drug-likeness (QED) is 0.386. The van der Waals surface area contributed by atoms with Crippen LogP contribution in [0.2, 0.25) is 0 Å². The highest BCUT2D eigenvalue weighted by molar-refractivity contribution is 5.68. The molecule has 5 nitrogen and oxygen atoms in total. The molecule has 0 aliphatic carbocycles. The van der Waals surface area contributed by atoms with E-state index in [2.05, 4.69) is 5.32 Å². The fraction of sp³-hybridized carbons (Fsp3) is 0.536. The molecule has 2 aromatic carbocycles. The van der Waals surface area contributed by atoms with Crippen molar-refractivity contribution < 1.29 is 40.6 Å². The van der Waals surface area contributed by atoms with Gasteiger partial charge in [0.15, 0.2) is 0 Å². The van der Waals surface area contributed by atoms with Crippen molar-refractivity contribution in [2.45, 2.75) is 69.1 Å². The number of piperidine rings is 2. The summed E-state index contributed by atoms with van der Waals surface area (Å²) >= 11 is 0. The summed E-state index contributed by atoms with van der Waals surface area (Å²) in [6.45, 7) is 3.09. The first-order valence-corrected chi connectivity index (χ1v) is 13.0. The molecule has 1 N–H and O–H groups in total. The van der Waals surface area contributed by atoms with E-state index in [-0.39, 0.29) is 30.4 Å². The first kappa shape index (κ1) is 29.2. The lowest BCUT2D eigenvalue weighted by Crippen LogP contribution is -2.54. The van der Waals surface area contributed by atoms with Gasteiger partial charge in [0, 0.05) is 19.6 Å². The lowest BCUT2D eigenvalue weighted by Gasteiger charge is -2.42. The minimum atomic E-state index is -4.94. The number of hydrogen-bond acceptors (Lipinski definition) is 4. The van der Waals surface area contributed by atoms with Gasteiger partial charge in [-0.05, 0) is 68.4 Å². The molecule has 2 fully saturated rings. The van der Waals surface area contributed by atoms with Crippen LogP contribution in [0, 0.1) is 0 Å². The summed E-state index contributed by atoms with van der Waals surface area (Å²) in [6, 6.07) is 10.8. The van der Waals surface area contributed by atoms with Crippen LogP contribution in [0.1, 0.15) is 67.4 Å². The standard InChI is InChI=1S/C28H32F6N2O3/c1-19(20-14-22(27(29,30)31)16-23(15-20)28(32,33)34)38-18-26(21-8-4-2-5-9-21)11-10-24(17-35-26)39-25(37)36-12-6-3-7-13-36/h2,4-5,8-9,14-16,19,24,35H,3,6-7,10-13,17-18H2,1H3/t19-,24+,26-/m1/s1. The number of likely N-dealkylation sites (tertiary alicyclic amines) is 1. The first-order chi connectivity index (χ1) is 18.4. The van der Waals surface area contributed by atoms with Gasteiger partial charge in [0.05, 0.1) is 29.4 Å². The minimum absolute atomic E-state index is 0.0113. The summed E-state index contributed by atoms with van der Waals surface area (Å²) < 4.78 is 91.8. The van der Waals surface area contributed by atoms with Gasteiger partial charge in [-0.25, -0.2) is 4.79 Å². The molecule has 0 bridgehead atoms. The highest BCUT2D eigenvalue weighted by atomic mass is 19.4. The molecule has 3 atom stereocenters. The largest absolute Gasteiger partial charge is 0.445 e. The van der Waals surface area contributed by atoms with Gasteiger partial charge >= 0.3 is 18.4 Å². The third-order valence-corrected chi connectivity index (χ3v) is 7.43. The number of amides is 1. The van der Waals surface area contributed by atoms with Crippen molar-refractivity contribution in [2.24, 2.45) is 0 Å². The van der Waals surface area contributed by atoms with E-state index < -0.39 is 35.1 Å². The molecule has 2 saturated heterocycles. The summed E-state index contributed by atoms with van der Waals surface area (Å²) in [6.07, 6.45) is -7.66. The molecule has 2 aliphatic heterocycles. The molecule has 0 unspecified atom stereocenters. The van der Waals surface area contributed by atoms with Crippen molar-refractivity contribution >= 4 is 6.09 Å². The van der Waals surface area contributed by atoms with Crippen molar-refractivity contribution in [3.05, 3.63) is 70.8 Å². The summed E-state index contributed by atoms with van der Waals surface area (Å²) in [5.41, 5.74) is -2.88. The Labute approximate surface area is 223 Å². The Morgan fingerprint density at radius 3 is 2.15 bits per heavy atom. The SMILES string of the molecule is C[C@@H](OC[C@@]1(c2ccccc2)CC[C@H](OC(=O)N2CCCCC2)CN1)c1cc(C(F)(F)F)cc(C(F)(F)F)c1. The van der Waals surface area contributed by atoms with Crippen molar-refractivity contribution in [1.82, 2.24) is 10.2 Å². The molecule has 11 heteroatoms. The van der Waals surface area contributed by atoms with E-state index in [1.807, 2.05) is 30.3 Å². The van der Waals surface area contributed by atoms with Crippen molar-refractivity contribution in [2.75, 3.05) is 26.2 Å². The van der Waals surface area contributed by atoms with Crippen LogP contribution in [-0.4, -0.2) is 43.3 Å². The summed E-state index contributed by atoms with van der Waals surface area (Å²) in [4.78, 5) is 14.3. The highest BCUT2D eigenvalue weighted by Gasteiger charge is 2.40. The first-order valence-electron chi connectivity index (χ1n) is 13.0. The third kappa shape index (κ3) is 7.25. The Morgan fingerprint density at radius 1 is 1.00 bits per heavy atom. The predicted molar refractivity (Wildman–Crippen MR) is 132 cm³/mol. The number of ether oxygens (including phenoxy) is 2. The molecule has 39 heavy (non-hydrogen) atoms. The summed E-state index contributed by atoms with van der Waals surface area (Å²) in [5.74, 6) is 0. The van der Waals surface area contributed by atoms with Gasteiger partial charge < -0.3 is 19.7 Å². The van der Waals surface area contributed by atoms with Crippen molar-refractivity contribution in [3.8, 4) is 0 Å². The predicted octanol–water partition coefficient (Wildman–Crippen LogP) is 7.07. The Bertz CT molecular complexity index is 1080. The van der Waals surface area contributed by atoms with E-state index in [1.165, 1.54) is 6.92 Å². The van der Waals surface area contributed by atoms with Crippen LogP contribution in [0.4, 0.5) is 31.1 Å². The lowest BCUT2D eigenvalue weighted by atomic mass is 9.82. The van der Waals surface area contributed by atoms with Crippen LogP contribution in [0.25, 0.3) is 0 Å². The van der Waals surface area contributed by atoms with Gasteiger partial charge in [-0.3, -0.25) is 0 Å². The third-order valence-electron chi connectivity index (χ3n) is 7.43. The number of halogens is 6. The number of carbonyl (C=O) groups is 1. The van der Waals surface area contributed by atoms with E-state index in [0.29, 0.717) is 44.6 Å². The van der Waals surface area contributed by atoms with Crippen LogP contribution in [0.5, 0.6) is 0 Å². The molecule has 2 aromatic rings. The minimum Gasteiger partial charge on any atom is -0.445 e.